The average Bonchev–Trinajstić information content (AvgIpc) is 3.22. The van der Waals surface area contributed by atoms with Gasteiger partial charge in [-0.3, -0.25) is 14.5 Å². The van der Waals surface area contributed by atoms with Crippen molar-refractivity contribution < 1.29 is 4.79 Å². The first-order chi connectivity index (χ1) is 14.9. The van der Waals surface area contributed by atoms with Gasteiger partial charge in [0.15, 0.2) is 5.82 Å². The lowest BCUT2D eigenvalue weighted by Gasteiger charge is -2.09. The van der Waals surface area contributed by atoms with E-state index in [1.54, 1.807) is 42.3 Å². The Morgan fingerprint density at radius 2 is 1.90 bits per heavy atom. The van der Waals surface area contributed by atoms with Crippen LogP contribution in [0.25, 0.3) is 22.2 Å². The molecule has 9 heteroatoms. The number of pyridine rings is 2. The summed E-state index contributed by atoms with van der Waals surface area (Å²) in [6.45, 7) is 4.42. The number of hydrogen-bond donors (Lipinski definition) is 1. The number of rotatable bonds is 6. The molecule has 4 heterocycles. The van der Waals surface area contributed by atoms with Gasteiger partial charge in [0.05, 0.1) is 23.4 Å². The Bertz CT molecular complexity index is 1230. The molecule has 0 saturated carbocycles. The maximum absolute atomic E-state index is 11.9. The molecule has 158 valence electrons. The van der Waals surface area contributed by atoms with E-state index in [0.717, 1.165) is 27.7 Å². The zero-order valence-electron chi connectivity index (χ0n) is 17.9. The molecule has 0 unspecified atom stereocenters. The fourth-order valence-electron chi connectivity index (χ4n) is 3.00. The Labute approximate surface area is 180 Å². The van der Waals surface area contributed by atoms with Gasteiger partial charge < -0.3 is 10.2 Å². The Morgan fingerprint density at radius 1 is 1.06 bits per heavy atom. The molecular formula is C22H24N8O. The van der Waals surface area contributed by atoms with Gasteiger partial charge in [-0.25, -0.2) is 4.98 Å². The lowest BCUT2D eigenvalue weighted by Crippen LogP contribution is -2.26. The van der Waals surface area contributed by atoms with Crippen molar-refractivity contribution in [1.29, 1.82) is 0 Å². The SMILES string of the molecule is CC(C)c1cnnc(Nc2ccc3ncc(-c4cnn(CC(=O)N(C)C)c4)cc3n2)c1. The second kappa shape index (κ2) is 8.47. The Morgan fingerprint density at radius 3 is 2.68 bits per heavy atom. The summed E-state index contributed by atoms with van der Waals surface area (Å²) in [7, 11) is 3.45. The van der Waals surface area contributed by atoms with Crippen LogP contribution in [0, 0.1) is 0 Å². The maximum atomic E-state index is 11.9. The molecule has 0 atom stereocenters. The van der Waals surface area contributed by atoms with Crippen LogP contribution in [0.4, 0.5) is 11.6 Å². The number of aromatic nitrogens is 6. The van der Waals surface area contributed by atoms with Crippen LogP contribution in [-0.2, 0) is 11.3 Å². The number of nitrogens with one attached hydrogen (secondary N) is 1. The number of fused-ring (bicyclic) bond motifs is 1. The summed E-state index contributed by atoms with van der Waals surface area (Å²) in [5, 5.41) is 15.7. The molecular weight excluding hydrogens is 392 g/mol. The fraction of sp³-hybridized carbons (Fsp3) is 0.273. The van der Waals surface area contributed by atoms with Crippen LogP contribution in [0.5, 0.6) is 0 Å². The third kappa shape index (κ3) is 4.66. The zero-order chi connectivity index (χ0) is 22.0. The molecule has 1 N–H and O–H groups in total. The van der Waals surface area contributed by atoms with Crippen molar-refractivity contribution in [3.05, 3.63) is 54.6 Å². The molecule has 0 saturated heterocycles. The number of carbonyl (C=O) groups is 1. The van der Waals surface area contributed by atoms with Gasteiger partial charge in [0, 0.05) is 37.6 Å². The summed E-state index contributed by atoms with van der Waals surface area (Å²) in [6.07, 6.45) is 7.11. The summed E-state index contributed by atoms with van der Waals surface area (Å²) in [5.41, 5.74) is 4.38. The van der Waals surface area contributed by atoms with E-state index < -0.39 is 0 Å². The van der Waals surface area contributed by atoms with Crippen LogP contribution in [0.3, 0.4) is 0 Å². The van der Waals surface area contributed by atoms with Crippen LogP contribution in [0.1, 0.15) is 25.3 Å². The van der Waals surface area contributed by atoms with Crippen molar-refractivity contribution in [3.63, 3.8) is 0 Å². The fourth-order valence-corrected chi connectivity index (χ4v) is 3.00. The average molecular weight is 416 g/mol. The van der Waals surface area contributed by atoms with E-state index in [-0.39, 0.29) is 12.5 Å². The minimum atomic E-state index is -0.0201. The first kappa shape index (κ1) is 20.4. The number of hydrogen-bond acceptors (Lipinski definition) is 7. The van der Waals surface area contributed by atoms with Crippen molar-refractivity contribution in [3.8, 4) is 11.1 Å². The number of amides is 1. The maximum Gasteiger partial charge on any atom is 0.243 e. The number of anilines is 2. The van der Waals surface area contributed by atoms with Crippen molar-refractivity contribution in [2.75, 3.05) is 19.4 Å². The lowest BCUT2D eigenvalue weighted by molar-refractivity contribution is -0.129. The van der Waals surface area contributed by atoms with Gasteiger partial charge in [-0.2, -0.15) is 10.2 Å². The summed E-state index contributed by atoms with van der Waals surface area (Å²) >= 11 is 0. The largest absolute Gasteiger partial charge is 0.347 e. The van der Waals surface area contributed by atoms with E-state index in [9.17, 15) is 4.79 Å². The van der Waals surface area contributed by atoms with Crippen molar-refractivity contribution in [2.45, 2.75) is 26.3 Å². The van der Waals surface area contributed by atoms with Crippen LogP contribution < -0.4 is 5.32 Å². The van der Waals surface area contributed by atoms with E-state index in [2.05, 4.69) is 44.4 Å². The van der Waals surface area contributed by atoms with Gasteiger partial charge >= 0.3 is 0 Å². The summed E-state index contributed by atoms with van der Waals surface area (Å²) in [5.74, 6) is 1.65. The summed E-state index contributed by atoms with van der Waals surface area (Å²) in [6, 6.07) is 7.71. The molecule has 4 aromatic heterocycles. The molecule has 4 aromatic rings. The van der Waals surface area contributed by atoms with Gasteiger partial charge in [-0.05, 0) is 35.7 Å². The van der Waals surface area contributed by atoms with Crippen LogP contribution in [0.15, 0.2) is 49.1 Å². The predicted octanol–water partition coefficient (Wildman–Crippen LogP) is 3.24. The number of nitrogens with zero attached hydrogens (tertiary/aromatic N) is 7. The third-order valence-electron chi connectivity index (χ3n) is 4.90. The van der Waals surface area contributed by atoms with E-state index in [0.29, 0.717) is 17.6 Å². The Kier molecular flexibility index (Phi) is 5.57. The van der Waals surface area contributed by atoms with Gasteiger partial charge in [-0.15, -0.1) is 5.10 Å². The van der Waals surface area contributed by atoms with E-state index in [1.807, 2.05) is 30.5 Å². The lowest BCUT2D eigenvalue weighted by atomic mass is 10.1. The Hall–Kier alpha value is -3.88. The highest BCUT2D eigenvalue weighted by atomic mass is 16.2. The van der Waals surface area contributed by atoms with Gasteiger partial charge in [-0.1, -0.05) is 13.8 Å². The van der Waals surface area contributed by atoms with Crippen molar-refractivity contribution >= 4 is 28.6 Å². The molecule has 0 fully saturated rings. The van der Waals surface area contributed by atoms with Crippen molar-refractivity contribution in [1.82, 2.24) is 34.8 Å². The smallest absolute Gasteiger partial charge is 0.243 e. The Balaban J connectivity index is 1.58. The second-order valence-electron chi connectivity index (χ2n) is 7.83. The highest BCUT2D eigenvalue weighted by Crippen LogP contribution is 2.24. The van der Waals surface area contributed by atoms with Gasteiger partial charge in [0.2, 0.25) is 5.91 Å². The van der Waals surface area contributed by atoms with Gasteiger partial charge in [0.25, 0.3) is 0 Å². The second-order valence-corrected chi connectivity index (χ2v) is 7.83. The predicted molar refractivity (Wildman–Crippen MR) is 119 cm³/mol. The minimum Gasteiger partial charge on any atom is -0.347 e. The first-order valence-corrected chi connectivity index (χ1v) is 9.98. The molecule has 0 aliphatic heterocycles. The molecule has 31 heavy (non-hydrogen) atoms. The molecule has 0 bridgehead atoms. The quantitative estimate of drug-likeness (QED) is 0.515. The first-order valence-electron chi connectivity index (χ1n) is 9.98. The molecule has 1 amide bonds. The third-order valence-corrected chi connectivity index (χ3v) is 4.90. The zero-order valence-corrected chi connectivity index (χ0v) is 17.9. The van der Waals surface area contributed by atoms with E-state index in [4.69, 9.17) is 0 Å². The van der Waals surface area contributed by atoms with Crippen LogP contribution in [-0.4, -0.2) is 54.8 Å². The molecule has 0 radical (unpaired) electrons. The summed E-state index contributed by atoms with van der Waals surface area (Å²) in [4.78, 5) is 22.6. The highest BCUT2D eigenvalue weighted by molar-refractivity contribution is 5.82. The topological polar surface area (TPSA) is 102 Å². The number of likely N-dealkylation sites (N-methyl/N-ethyl adjacent to an activating group) is 1. The van der Waals surface area contributed by atoms with Crippen LogP contribution in [0.2, 0.25) is 0 Å². The minimum absolute atomic E-state index is 0.0201. The molecule has 9 nitrogen and oxygen atoms in total. The number of carbonyl (C=O) groups excluding carboxylic acids is 1. The van der Waals surface area contributed by atoms with Crippen LogP contribution >= 0.6 is 0 Å². The van der Waals surface area contributed by atoms with Gasteiger partial charge in [0.1, 0.15) is 12.4 Å². The van der Waals surface area contributed by atoms with Crippen molar-refractivity contribution in [2.24, 2.45) is 0 Å². The molecule has 0 aliphatic carbocycles. The molecule has 0 aliphatic rings. The molecule has 4 rings (SSSR count). The van der Waals surface area contributed by atoms with E-state index >= 15 is 0 Å². The monoisotopic (exact) mass is 416 g/mol. The normalized spacial score (nSPS) is 11.1. The standard InChI is InChI=1S/C22H24N8O/c1-14(2)15-8-21(28-24-10-15)27-20-6-5-18-19(26-20)7-16(9-23-18)17-11-25-30(12-17)13-22(31)29(3)4/h5-12,14H,13H2,1-4H3,(H,26,27,28). The summed E-state index contributed by atoms with van der Waals surface area (Å²) < 4.78 is 1.62. The molecule has 0 spiro atoms. The molecule has 0 aromatic carbocycles. The van der Waals surface area contributed by atoms with E-state index in [1.165, 1.54) is 0 Å². The highest BCUT2D eigenvalue weighted by Gasteiger charge is 2.10.